The maximum atomic E-state index is 13.3. The van der Waals surface area contributed by atoms with Gasteiger partial charge in [0.1, 0.15) is 16.7 Å². The minimum absolute atomic E-state index is 0.198. The molecule has 3 rings (SSSR count). The van der Waals surface area contributed by atoms with Crippen LogP contribution in [0.1, 0.15) is 5.56 Å². The van der Waals surface area contributed by atoms with Crippen molar-refractivity contribution in [3.05, 3.63) is 52.0 Å². The van der Waals surface area contributed by atoms with Gasteiger partial charge in [0, 0.05) is 5.41 Å². The van der Waals surface area contributed by atoms with Crippen LogP contribution >= 0.6 is 24.0 Å². The lowest BCUT2D eigenvalue weighted by molar-refractivity contribution is -0.128. The van der Waals surface area contributed by atoms with E-state index in [1.165, 1.54) is 30.4 Å². The summed E-state index contributed by atoms with van der Waals surface area (Å²) in [6.45, 7) is -0.310. The van der Waals surface area contributed by atoms with Crippen LogP contribution in [0.4, 0.5) is 4.39 Å². The third-order valence-corrected chi connectivity index (χ3v) is 6.37. The molecular weight excluding hydrogens is 399 g/mol. The van der Waals surface area contributed by atoms with Crippen molar-refractivity contribution in [1.82, 2.24) is 10.2 Å². The second-order valence-electron chi connectivity index (χ2n) is 5.65. The summed E-state index contributed by atoms with van der Waals surface area (Å²) >= 11 is 6.16. The summed E-state index contributed by atoms with van der Waals surface area (Å²) in [4.78, 5) is 26.0. The molecule has 0 unspecified atom stereocenters. The van der Waals surface area contributed by atoms with Gasteiger partial charge in [-0.15, -0.1) is 0 Å². The van der Waals surface area contributed by atoms with Crippen molar-refractivity contribution in [2.24, 2.45) is 0 Å². The molecule has 1 N–H and O–H groups in total. The molecule has 136 valence electrons. The highest BCUT2D eigenvalue weighted by atomic mass is 32.2. The fourth-order valence-corrected chi connectivity index (χ4v) is 4.94. The van der Waals surface area contributed by atoms with Crippen molar-refractivity contribution in [2.75, 3.05) is 12.3 Å². The van der Waals surface area contributed by atoms with Gasteiger partial charge in [0.15, 0.2) is 9.84 Å². The van der Waals surface area contributed by atoms with Crippen LogP contribution in [0.5, 0.6) is 0 Å². The number of thioether (sulfide) groups is 1. The Kier molecular flexibility index (Phi) is 5.26. The van der Waals surface area contributed by atoms with Crippen LogP contribution in [0.25, 0.3) is 6.08 Å². The SMILES string of the molecule is O=C(CN1C(=O)/C(=C\c2cccc(F)c2)SC1=S)N[C@H]1C=CS(=O)(=O)C1. The highest BCUT2D eigenvalue weighted by Gasteiger charge is 2.34. The van der Waals surface area contributed by atoms with Crippen LogP contribution in [0.2, 0.25) is 0 Å². The number of nitrogens with one attached hydrogen (secondary N) is 1. The van der Waals surface area contributed by atoms with Gasteiger partial charge in [-0.3, -0.25) is 14.5 Å². The van der Waals surface area contributed by atoms with Crippen LogP contribution in [-0.2, 0) is 19.4 Å². The second kappa shape index (κ2) is 7.29. The monoisotopic (exact) mass is 412 g/mol. The van der Waals surface area contributed by atoms with Gasteiger partial charge in [-0.25, -0.2) is 12.8 Å². The molecule has 2 amide bonds. The second-order valence-corrected chi connectivity index (χ2v) is 9.26. The fourth-order valence-electron chi connectivity index (χ4n) is 2.45. The third-order valence-electron chi connectivity index (χ3n) is 3.60. The van der Waals surface area contributed by atoms with E-state index in [0.29, 0.717) is 5.56 Å². The molecule has 0 aliphatic carbocycles. The lowest BCUT2D eigenvalue weighted by Gasteiger charge is -2.16. The van der Waals surface area contributed by atoms with Gasteiger partial charge in [-0.1, -0.05) is 36.1 Å². The topological polar surface area (TPSA) is 83.6 Å². The predicted octanol–water partition coefficient (Wildman–Crippen LogP) is 1.45. The summed E-state index contributed by atoms with van der Waals surface area (Å²) in [5, 5.41) is 3.59. The number of hydrogen-bond acceptors (Lipinski definition) is 6. The predicted molar refractivity (Wildman–Crippen MR) is 101 cm³/mol. The molecule has 0 bridgehead atoms. The zero-order valence-electron chi connectivity index (χ0n) is 13.2. The molecule has 26 heavy (non-hydrogen) atoms. The Morgan fingerprint density at radius 1 is 1.46 bits per heavy atom. The van der Waals surface area contributed by atoms with E-state index in [-0.39, 0.29) is 21.5 Å². The zero-order valence-corrected chi connectivity index (χ0v) is 15.7. The maximum Gasteiger partial charge on any atom is 0.266 e. The molecule has 1 fully saturated rings. The zero-order chi connectivity index (χ0) is 18.9. The largest absolute Gasteiger partial charge is 0.347 e. The number of amides is 2. The molecule has 6 nitrogen and oxygen atoms in total. The molecule has 1 saturated heterocycles. The summed E-state index contributed by atoms with van der Waals surface area (Å²) in [5.74, 6) is -1.58. The van der Waals surface area contributed by atoms with Gasteiger partial charge < -0.3 is 5.32 Å². The van der Waals surface area contributed by atoms with E-state index in [1.54, 1.807) is 6.07 Å². The molecule has 1 atom stereocenters. The van der Waals surface area contributed by atoms with Crippen LogP contribution < -0.4 is 5.32 Å². The van der Waals surface area contributed by atoms with Gasteiger partial charge in [-0.05, 0) is 29.8 Å². The Morgan fingerprint density at radius 3 is 2.88 bits per heavy atom. The standard InChI is InChI=1S/C16H13FN2O4S3/c17-11-3-1-2-10(6-11)7-13-15(21)19(16(24)25-13)8-14(20)18-12-4-5-26(22,23)9-12/h1-7,12H,8-9H2,(H,18,20)/b13-7+/t12-/m0/s1. The Balaban J connectivity index is 1.66. The highest BCUT2D eigenvalue weighted by Crippen LogP contribution is 2.32. The van der Waals surface area contributed by atoms with Gasteiger partial charge in [0.05, 0.1) is 16.7 Å². The van der Waals surface area contributed by atoms with Gasteiger partial charge in [0.25, 0.3) is 5.91 Å². The van der Waals surface area contributed by atoms with Crippen molar-refractivity contribution < 1.29 is 22.4 Å². The summed E-state index contributed by atoms with van der Waals surface area (Å²) in [5.41, 5.74) is 0.510. The number of carbonyl (C=O) groups is 2. The minimum Gasteiger partial charge on any atom is -0.347 e. The minimum atomic E-state index is -3.28. The molecule has 1 aromatic rings. The Hall–Kier alpha value is -2.04. The van der Waals surface area contributed by atoms with Crippen molar-refractivity contribution in [3.8, 4) is 0 Å². The highest BCUT2D eigenvalue weighted by molar-refractivity contribution is 8.26. The molecule has 0 spiro atoms. The maximum absolute atomic E-state index is 13.3. The van der Waals surface area contributed by atoms with E-state index < -0.39 is 33.5 Å². The summed E-state index contributed by atoms with van der Waals surface area (Å²) < 4.78 is 36.2. The van der Waals surface area contributed by atoms with Crippen LogP contribution in [0.3, 0.4) is 0 Å². The molecule has 10 heteroatoms. The number of rotatable bonds is 4. The number of halogens is 1. The smallest absolute Gasteiger partial charge is 0.266 e. The quantitative estimate of drug-likeness (QED) is 0.595. The Labute approximate surface area is 159 Å². The molecule has 0 saturated carbocycles. The number of nitrogens with zero attached hydrogens (tertiary/aromatic N) is 1. The average Bonchev–Trinajstić information content (AvgIpc) is 3.01. The summed E-state index contributed by atoms with van der Waals surface area (Å²) in [6, 6.07) is 5.14. The van der Waals surface area contributed by atoms with Crippen LogP contribution in [-0.4, -0.2) is 47.8 Å². The van der Waals surface area contributed by atoms with Crippen LogP contribution in [0, 0.1) is 5.82 Å². The Morgan fingerprint density at radius 2 is 2.23 bits per heavy atom. The molecule has 2 aliphatic heterocycles. The molecule has 2 heterocycles. The number of sulfone groups is 1. The van der Waals surface area contributed by atoms with E-state index in [2.05, 4.69) is 5.32 Å². The number of hydrogen-bond donors (Lipinski definition) is 1. The molecule has 0 aromatic heterocycles. The lowest BCUT2D eigenvalue weighted by Crippen LogP contribution is -2.43. The number of thiocarbonyl (C=S) groups is 1. The number of carbonyl (C=O) groups excluding carboxylic acids is 2. The van der Waals surface area contributed by atoms with Gasteiger partial charge >= 0.3 is 0 Å². The van der Waals surface area contributed by atoms with Crippen molar-refractivity contribution in [1.29, 1.82) is 0 Å². The van der Waals surface area contributed by atoms with E-state index in [0.717, 1.165) is 22.1 Å². The average molecular weight is 412 g/mol. The van der Waals surface area contributed by atoms with Gasteiger partial charge in [0.2, 0.25) is 5.91 Å². The van der Waals surface area contributed by atoms with E-state index in [9.17, 15) is 22.4 Å². The normalized spacial score (nSPS) is 23.0. The Bertz CT molecular complexity index is 956. The third kappa shape index (κ3) is 4.37. The molecule has 0 radical (unpaired) electrons. The van der Waals surface area contributed by atoms with E-state index in [4.69, 9.17) is 12.2 Å². The summed E-state index contributed by atoms with van der Waals surface area (Å²) in [6.07, 6.45) is 2.90. The van der Waals surface area contributed by atoms with E-state index >= 15 is 0 Å². The number of benzene rings is 1. The molecule has 1 aromatic carbocycles. The van der Waals surface area contributed by atoms with Crippen molar-refractivity contribution >= 4 is 56.0 Å². The first-order valence-electron chi connectivity index (χ1n) is 7.45. The molecule has 2 aliphatic rings. The first-order chi connectivity index (χ1) is 12.2. The first-order valence-corrected chi connectivity index (χ1v) is 10.4. The van der Waals surface area contributed by atoms with E-state index in [1.807, 2.05) is 0 Å². The van der Waals surface area contributed by atoms with Crippen molar-refractivity contribution in [3.63, 3.8) is 0 Å². The van der Waals surface area contributed by atoms with Crippen LogP contribution in [0.15, 0.2) is 40.7 Å². The lowest BCUT2D eigenvalue weighted by atomic mass is 10.2. The first kappa shape index (κ1) is 18.7. The van der Waals surface area contributed by atoms with Gasteiger partial charge in [-0.2, -0.15) is 0 Å². The fraction of sp³-hybridized carbons (Fsp3) is 0.188. The van der Waals surface area contributed by atoms with Crippen molar-refractivity contribution in [2.45, 2.75) is 6.04 Å². The molecular formula is C16H13FN2O4S3. The summed E-state index contributed by atoms with van der Waals surface area (Å²) in [7, 11) is -3.28.